The van der Waals surface area contributed by atoms with Crippen LogP contribution in [-0.4, -0.2) is 5.75 Å². The Balaban J connectivity index is 1.96. The van der Waals surface area contributed by atoms with E-state index in [0.717, 1.165) is 24.5 Å². The molecule has 0 amide bonds. The maximum atomic E-state index is 13.5. The first kappa shape index (κ1) is 16.0. The molecular formula is C17H19F2NS. The monoisotopic (exact) mass is 307 g/mol. The Morgan fingerprint density at radius 1 is 1.10 bits per heavy atom. The Kier molecular flexibility index (Phi) is 5.76. The summed E-state index contributed by atoms with van der Waals surface area (Å²) < 4.78 is 26.4. The van der Waals surface area contributed by atoms with Crippen LogP contribution in [0, 0.1) is 11.6 Å². The summed E-state index contributed by atoms with van der Waals surface area (Å²) in [5.74, 6) is -0.548. The van der Waals surface area contributed by atoms with Crippen molar-refractivity contribution >= 4 is 11.8 Å². The number of rotatable bonds is 6. The number of halogens is 2. The molecule has 0 aliphatic rings. The van der Waals surface area contributed by atoms with E-state index in [1.54, 1.807) is 0 Å². The van der Waals surface area contributed by atoms with Crippen molar-refractivity contribution in [3.63, 3.8) is 0 Å². The lowest BCUT2D eigenvalue weighted by atomic mass is 10.0. The molecule has 2 N–H and O–H groups in total. The van der Waals surface area contributed by atoms with Crippen LogP contribution < -0.4 is 5.73 Å². The van der Waals surface area contributed by atoms with Crippen LogP contribution in [0.4, 0.5) is 8.78 Å². The molecule has 0 bridgehead atoms. The predicted molar refractivity (Wildman–Crippen MR) is 84.4 cm³/mol. The Hall–Kier alpha value is -1.39. The van der Waals surface area contributed by atoms with Gasteiger partial charge in [-0.2, -0.15) is 0 Å². The molecule has 4 heteroatoms. The molecular weight excluding hydrogens is 288 g/mol. The quantitative estimate of drug-likeness (QED) is 0.782. The van der Waals surface area contributed by atoms with Crippen LogP contribution in [0.2, 0.25) is 0 Å². The van der Waals surface area contributed by atoms with E-state index in [1.807, 2.05) is 12.1 Å². The van der Waals surface area contributed by atoms with Gasteiger partial charge in [0.2, 0.25) is 0 Å². The van der Waals surface area contributed by atoms with E-state index in [4.69, 9.17) is 5.73 Å². The highest BCUT2D eigenvalue weighted by molar-refractivity contribution is 7.99. The Morgan fingerprint density at radius 2 is 1.81 bits per heavy atom. The molecule has 0 fully saturated rings. The normalized spacial score (nSPS) is 12.4. The van der Waals surface area contributed by atoms with E-state index in [0.29, 0.717) is 10.6 Å². The van der Waals surface area contributed by atoms with E-state index < -0.39 is 11.6 Å². The molecule has 1 nitrogen and oxygen atoms in total. The predicted octanol–water partition coefficient (Wildman–Crippen LogP) is 4.71. The molecule has 0 saturated heterocycles. The number of aryl methyl sites for hydroxylation is 1. The van der Waals surface area contributed by atoms with Gasteiger partial charge in [0.05, 0.1) is 0 Å². The zero-order valence-corrected chi connectivity index (χ0v) is 12.8. The number of hydrogen-bond donors (Lipinski definition) is 1. The largest absolute Gasteiger partial charge is 0.323 e. The lowest BCUT2D eigenvalue weighted by Gasteiger charge is -2.12. The number of nitrogens with two attached hydrogens (primary N) is 1. The fourth-order valence-electron chi connectivity index (χ4n) is 2.09. The highest BCUT2D eigenvalue weighted by atomic mass is 32.2. The number of hydrogen-bond acceptors (Lipinski definition) is 2. The molecule has 2 rings (SSSR count). The first-order valence-corrected chi connectivity index (χ1v) is 8.01. The second-order valence-corrected chi connectivity index (χ2v) is 6.05. The van der Waals surface area contributed by atoms with Gasteiger partial charge in [-0.15, -0.1) is 11.8 Å². The lowest BCUT2D eigenvalue weighted by Crippen LogP contribution is -2.13. The Labute approximate surface area is 128 Å². The zero-order chi connectivity index (χ0) is 15.2. The highest BCUT2D eigenvalue weighted by Crippen LogP contribution is 2.26. The summed E-state index contributed by atoms with van der Waals surface area (Å²) in [6, 6.07) is 11.7. The summed E-state index contributed by atoms with van der Waals surface area (Å²) in [5.41, 5.74) is 8.46. The molecule has 0 aliphatic heterocycles. The van der Waals surface area contributed by atoms with Gasteiger partial charge in [0, 0.05) is 22.8 Å². The van der Waals surface area contributed by atoms with Gasteiger partial charge in [-0.1, -0.05) is 37.6 Å². The van der Waals surface area contributed by atoms with Crippen molar-refractivity contribution in [1.82, 2.24) is 0 Å². The van der Waals surface area contributed by atoms with Crippen molar-refractivity contribution in [2.45, 2.75) is 30.7 Å². The standard InChI is InChI=1S/C17H19F2NS/c1-2-3-12-4-6-13(7-5-12)16(20)11-21-17-9-8-14(18)10-15(17)19/h4-10,16H,2-3,11,20H2,1H3. The second kappa shape index (κ2) is 7.57. The summed E-state index contributed by atoms with van der Waals surface area (Å²) in [5, 5.41) is 0. The van der Waals surface area contributed by atoms with Gasteiger partial charge in [0.15, 0.2) is 0 Å². The zero-order valence-electron chi connectivity index (χ0n) is 12.0. The fraction of sp³-hybridized carbons (Fsp3) is 0.294. The molecule has 0 aromatic heterocycles. The van der Waals surface area contributed by atoms with Crippen LogP contribution in [0.5, 0.6) is 0 Å². The molecule has 21 heavy (non-hydrogen) atoms. The molecule has 0 saturated carbocycles. The SMILES string of the molecule is CCCc1ccc(C(N)CSc2ccc(F)cc2F)cc1. The minimum absolute atomic E-state index is 0.171. The number of benzene rings is 2. The molecule has 0 aliphatic carbocycles. The van der Waals surface area contributed by atoms with Crippen LogP contribution in [0.3, 0.4) is 0 Å². The van der Waals surface area contributed by atoms with E-state index >= 15 is 0 Å². The van der Waals surface area contributed by atoms with Gasteiger partial charge < -0.3 is 5.73 Å². The van der Waals surface area contributed by atoms with Crippen molar-refractivity contribution in [2.75, 3.05) is 5.75 Å². The van der Waals surface area contributed by atoms with Crippen molar-refractivity contribution in [3.05, 3.63) is 65.2 Å². The van der Waals surface area contributed by atoms with Crippen molar-refractivity contribution in [3.8, 4) is 0 Å². The maximum Gasteiger partial charge on any atom is 0.139 e. The first-order valence-electron chi connectivity index (χ1n) is 7.02. The topological polar surface area (TPSA) is 26.0 Å². The Morgan fingerprint density at radius 3 is 2.43 bits per heavy atom. The van der Waals surface area contributed by atoms with Crippen LogP contribution in [0.25, 0.3) is 0 Å². The lowest BCUT2D eigenvalue weighted by molar-refractivity contribution is 0.565. The average Bonchev–Trinajstić information content (AvgIpc) is 2.47. The average molecular weight is 307 g/mol. The van der Waals surface area contributed by atoms with Gasteiger partial charge in [-0.25, -0.2) is 8.78 Å². The van der Waals surface area contributed by atoms with E-state index in [1.165, 1.54) is 29.5 Å². The summed E-state index contributed by atoms with van der Waals surface area (Å²) in [7, 11) is 0. The summed E-state index contributed by atoms with van der Waals surface area (Å²) >= 11 is 1.31. The summed E-state index contributed by atoms with van der Waals surface area (Å²) in [6.45, 7) is 2.15. The number of thioether (sulfide) groups is 1. The second-order valence-electron chi connectivity index (χ2n) is 4.98. The molecule has 1 unspecified atom stereocenters. The van der Waals surface area contributed by atoms with Crippen LogP contribution in [0.15, 0.2) is 47.4 Å². The highest BCUT2D eigenvalue weighted by Gasteiger charge is 2.10. The molecule has 2 aromatic carbocycles. The third-order valence-corrected chi connectivity index (χ3v) is 4.43. The van der Waals surface area contributed by atoms with Crippen molar-refractivity contribution in [1.29, 1.82) is 0 Å². The van der Waals surface area contributed by atoms with Crippen LogP contribution in [0.1, 0.15) is 30.5 Å². The van der Waals surface area contributed by atoms with Gasteiger partial charge in [-0.3, -0.25) is 0 Å². The Bertz CT molecular complexity index is 584. The van der Waals surface area contributed by atoms with Crippen molar-refractivity contribution in [2.24, 2.45) is 5.73 Å². The van der Waals surface area contributed by atoms with E-state index in [2.05, 4.69) is 19.1 Å². The summed E-state index contributed by atoms with van der Waals surface area (Å²) in [6.07, 6.45) is 2.18. The minimum Gasteiger partial charge on any atom is -0.323 e. The molecule has 0 radical (unpaired) electrons. The molecule has 1 atom stereocenters. The molecule has 0 spiro atoms. The third-order valence-electron chi connectivity index (χ3n) is 3.26. The van der Waals surface area contributed by atoms with Gasteiger partial charge in [0.25, 0.3) is 0 Å². The van der Waals surface area contributed by atoms with Gasteiger partial charge in [-0.05, 0) is 29.7 Å². The smallest absolute Gasteiger partial charge is 0.139 e. The first-order chi connectivity index (χ1) is 10.1. The minimum atomic E-state index is -0.562. The van der Waals surface area contributed by atoms with Crippen LogP contribution in [-0.2, 0) is 6.42 Å². The molecule has 112 valence electrons. The van der Waals surface area contributed by atoms with Crippen LogP contribution >= 0.6 is 11.8 Å². The fourth-order valence-corrected chi connectivity index (χ4v) is 3.00. The van der Waals surface area contributed by atoms with E-state index in [9.17, 15) is 8.78 Å². The third kappa shape index (κ3) is 4.55. The van der Waals surface area contributed by atoms with E-state index in [-0.39, 0.29) is 6.04 Å². The molecule has 2 aromatic rings. The van der Waals surface area contributed by atoms with Gasteiger partial charge in [0.1, 0.15) is 11.6 Å². The summed E-state index contributed by atoms with van der Waals surface area (Å²) in [4.78, 5) is 0.425. The van der Waals surface area contributed by atoms with Gasteiger partial charge >= 0.3 is 0 Å². The molecule has 0 heterocycles. The van der Waals surface area contributed by atoms with Crippen molar-refractivity contribution < 1.29 is 8.78 Å². The maximum absolute atomic E-state index is 13.5.